The summed E-state index contributed by atoms with van der Waals surface area (Å²) in [6.07, 6.45) is 11.7. The van der Waals surface area contributed by atoms with Crippen LogP contribution in [0.1, 0.15) is 77.2 Å². The number of rotatable bonds is 8. The number of benzene rings is 1. The molecule has 1 saturated carbocycles. The van der Waals surface area contributed by atoms with Gasteiger partial charge in [0.05, 0.1) is 0 Å². The molecule has 2 atom stereocenters. The Balaban J connectivity index is 2.11. The zero-order valence-corrected chi connectivity index (χ0v) is 14.0. The summed E-state index contributed by atoms with van der Waals surface area (Å²) in [6, 6.07) is 11.4. The largest absolute Gasteiger partial charge is 0.327 e. The molecule has 0 radical (unpaired) electrons. The summed E-state index contributed by atoms with van der Waals surface area (Å²) in [5.41, 5.74) is 8.53. The van der Waals surface area contributed by atoms with Gasteiger partial charge >= 0.3 is 0 Å². The van der Waals surface area contributed by atoms with Crippen molar-refractivity contribution in [2.75, 3.05) is 0 Å². The fourth-order valence-electron chi connectivity index (χ4n) is 4.22. The van der Waals surface area contributed by atoms with Crippen LogP contribution in [0.2, 0.25) is 0 Å². The molecule has 1 aromatic rings. The van der Waals surface area contributed by atoms with E-state index in [4.69, 9.17) is 5.73 Å². The molecule has 0 heterocycles. The molecule has 21 heavy (non-hydrogen) atoms. The van der Waals surface area contributed by atoms with Gasteiger partial charge in [0.1, 0.15) is 0 Å². The van der Waals surface area contributed by atoms with E-state index in [0.717, 1.165) is 5.92 Å². The van der Waals surface area contributed by atoms with Gasteiger partial charge in [0.15, 0.2) is 0 Å². The monoisotopic (exact) mass is 287 g/mol. The first-order valence-electron chi connectivity index (χ1n) is 9.04. The SMILES string of the molecule is CCCCC(CC)CC(N)C1(c2ccccc2)CCCC1. The molecule has 2 rings (SSSR count). The average Bonchev–Trinajstić information content (AvgIpc) is 3.03. The molecule has 1 aliphatic rings. The van der Waals surface area contributed by atoms with Crippen LogP contribution in [0, 0.1) is 5.92 Å². The fraction of sp³-hybridized carbons (Fsp3) is 0.700. The van der Waals surface area contributed by atoms with Gasteiger partial charge in [-0.25, -0.2) is 0 Å². The molecule has 1 fully saturated rings. The van der Waals surface area contributed by atoms with Crippen molar-refractivity contribution >= 4 is 0 Å². The smallest absolute Gasteiger partial charge is 0.0139 e. The van der Waals surface area contributed by atoms with Crippen molar-refractivity contribution in [2.45, 2.75) is 83.1 Å². The highest BCUT2D eigenvalue weighted by Crippen LogP contribution is 2.45. The number of unbranched alkanes of at least 4 members (excludes halogenated alkanes) is 1. The zero-order valence-electron chi connectivity index (χ0n) is 14.0. The first-order chi connectivity index (χ1) is 10.2. The van der Waals surface area contributed by atoms with Crippen LogP contribution < -0.4 is 5.73 Å². The van der Waals surface area contributed by atoms with Crippen LogP contribution in [0.5, 0.6) is 0 Å². The van der Waals surface area contributed by atoms with Gasteiger partial charge < -0.3 is 5.73 Å². The Kier molecular flexibility index (Phi) is 6.29. The highest BCUT2D eigenvalue weighted by Gasteiger charge is 2.41. The van der Waals surface area contributed by atoms with E-state index in [9.17, 15) is 0 Å². The maximum Gasteiger partial charge on any atom is 0.0139 e. The lowest BCUT2D eigenvalue weighted by Crippen LogP contribution is -2.44. The van der Waals surface area contributed by atoms with E-state index in [1.54, 1.807) is 0 Å². The van der Waals surface area contributed by atoms with Gasteiger partial charge in [0.25, 0.3) is 0 Å². The Morgan fingerprint density at radius 3 is 2.33 bits per heavy atom. The Hall–Kier alpha value is -0.820. The molecule has 0 amide bonds. The van der Waals surface area contributed by atoms with Crippen LogP contribution in [0.3, 0.4) is 0 Å². The minimum Gasteiger partial charge on any atom is -0.327 e. The second-order valence-corrected chi connectivity index (χ2v) is 6.99. The molecule has 0 aliphatic heterocycles. The number of hydrogen-bond donors (Lipinski definition) is 1. The van der Waals surface area contributed by atoms with Crippen LogP contribution >= 0.6 is 0 Å². The minimum atomic E-state index is 0.251. The second-order valence-electron chi connectivity index (χ2n) is 6.99. The molecule has 0 saturated heterocycles. The van der Waals surface area contributed by atoms with Crippen molar-refractivity contribution in [3.8, 4) is 0 Å². The molecule has 0 bridgehead atoms. The molecule has 2 unspecified atom stereocenters. The van der Waals surface area contributed by atoms with Crippen molar-refractivity contribution in [2.24, 2.45) is 11.7 Å². The molecule has 1 aromatic carbocycles. The number of nitrogens with two attached hydrogens (primary N) is 1. The van der Waals surface area contributed by atoms with Crippen LogP contribution in [0.25, 0.3) is 0 Å². The zero-order chi connectivity index (χ0) is 15.1. The van der Waals surface area contributed by atoms with E-state index in [1.807, 2.05) is 0 Å². The van der Waals surface area contributed by atoms with Crippen LogP contribution in [0.15, 0.2) is 30.3 Å². The van der Waals surface area contributed by atoms with Gasteiger partial charge in [-0.05, 0) is 30.7 Å². The molecule has 0 aromatic heterocycles. The second kappa shape index (κ2) is 7.98. The number of hydrogen-bond acceptors (Lipinski definition) is 1. The van der Waals surface area contributed by atoms with Crippen molar-refractivity contribution in [3.05, 3.63) is 35.9 Å². The summed E-state index contributed by atoms with van der Waals surface area (Å²) in [4.78, 5) is 0. The van der Waals surface area contributed by atoms with Crippen molar-refractivity contribution in [1.29, 1.82) is 0 Å². The maximum atomic E-state index is 6.79. The average molecular weight is 287 g/mol. The lowest BCUT2D eigenvalue weighted by Gasteiger charge is -2.38. The summed E-state index contributed by atoms with van der Waals surface area (Å²) in [5, 5.41) is 0. The molecular weight excluding hydrogens is 254 g/mol. The van der Waals surface area contributed by atoms with Gasteiger partial charge in [0.2, 0.25) is 0 Å². The summed E-state index contributed by atoms with van der Waals surface area (Å²) < 4.78 is 0. The van der Waals surface area contributed by atoms with Gasteiger partial charge in [-0.3, -0.25) is 0 Å². The molecule has 0 spiro atoms. The van der Waals surface area contributed by atoms with Crippen molar-refractivity contribution in [3.63, 3.8) is 0 Å². The minimum absolute atomic E-state index is 0.251. The molecular formula is C20H33N. The predicted molar refractivity (Wildman–Crippen MR) is 92.5 cm³/mol. The first kappa shape index (κ1) is 16.5. The fourth-order valence-corrected chi connectivity index (χ4v) is 4.22. The third-order valence-corrected chi connectivity index (χ3v) is 5.68. The van der Waals surface area contributed by atoms with Gasteiger partial charge in [0, 0.05) is 11.5 Å². The van der Waals surface area contributed by atoms with E-state index < -0.39 is 0 Å². The van der Waals surface area contributed by atoms with E-state index >= 15 is 0 Å². The Morgan fingerprint density at radius 1 is 1.10 bits per heavy atom. The van der Waals surface area contributed by atoms with Gasteiger partial charge in [-0.1, -0.05) is 82.7 Å². The van der Waals surface area contributed by atoms with E-state index in [-0.39, 0.29) is 5.41 Å². The first-order valence-corrected chi connectivity index (χ1v) is 9.04. The lowest BCUT2D eigenvalue weighted by molar-refractivity contribution is 0.278. The lowest BCUT2D eigenvalue weighted by atomic mass is 9.70. The molecule has 2 N–H and O–H groups in total. The molecule has 118 valence electrons. The van der Waals surface area contributed by atoms with Crippen LogP contribution in [-0.4, -0.2) is 6.04 Å². The van der Waals surface area contributed by atoms with Crippen LogP contribution in [0.4, 0.5) is 0 Å². The standard InChI is InChI=1S/C20H33N/c1-3-5-11-17(4-2)16-19(21)20(14-9-10-15-20)18-12-7-6-8-13-18/h6-8,12-13,17,19H,3-5,9-11,14-16,21H2,1-2H3. The van der Waals surface area contributed by atoms with Crippen molar-refractivity contribution < 1.29 is 0 Å². The van der Waals surface area contributed by atoms with Gasteiger partial charge in [-0.2, -0.15) is 0 Å². The third kappa shape index (κ3) is 3.88. The van der Waals surface area contributed by atoms with E-state index in [2.05, 4.69) is 44.2 Å². The summed E-state index contributed by atoms with van der Waals surface area (Å²) >= 11 is 0. The summed E-state index contributed by atoms with van der Waals surface area (Å²) in [7, 11) is 0. The molecule has 1 aliphatic carbocycles. The topological polar surface area (TPSA) is 26.0 Å². The molecule has 1 heteroatoms. The summed E-state index contributed by atoms with van der Waals surface area (Å²) in [5.74, 6) is 0.807. The molecule has 1 nitrogen and oxygen atoms in total. The quantitative estimate of drug-likeness (QED) is 0.677. The highest BCUT2D eigenvalue weighted by molar-refractivity contribution is 5.29. The van der Waals surface area contributed by atoms with E-state index in [0.29, 0.717) is 6.04 Å². The maximum absolute atomic E-state index is 6.79. The van der Waals surface area contributed by atoms with Crippen LogP contribution in [-0.2, 0) is 5.41 Å². The Morgan fingerprint density at radius 2 is 1.76 bits per heavy atom. The van der Waals surface area contributed by atoms with E-state index in [1.165, 1.54) is 63.4 Å². The van der Waals surface area contributed by atoms with Gasteiger partial charge in [-0.15, -0.1) is 0 Å². The predicted octanol–water partition coefficient (Wildman–Crippen LogP) is 5.43. The third-order valence-electron chi connectivity index (χ3n) is 5.68. The Bertz CT molecular complexity index is 392. The Labute approximate surface area is 131 Å². The summed E-state index contributed by atoms with van der Waals surface area (Å²) in [6.45, 7) is 4.62. The van der Waals surface area contributed by atoms with Crippen molar-refractivity contribution in [1.82, 2.24) is 0 Å². The highest BCUT2D eigenvalue weighted by atomic mass is 14.7. The normalized spacial score (nSPS) is 20.3.